The molecular formula is C20H21ClFNO5. The number of nitrogens with one attached hydrogen (secondary N) is 1. The number of ether oxygens (including phenoxy) is 4. The van der Waals surface area contributed by atoms with Crippen LogP contribution in [-0.4, -0.2) is 40.5 Å². The summed E-state index contributed by atoms with van der Waals surface area (Å²) in [6.07, 6.45) is 0.0461. The fourth-order valence-electron chi connectivity index (χ4n) is 3.33. The minimum Gasteiger partial charge on any atom is -0.493 e. The first kappa shape index (κ1) is 20.2. The van der Waals surface area contributed by atoms with E-state index in [4.69, 9.17) is 30.5 Å². The normalized spacial score (nSPS) is 15.6. The Morgan fingerprint density at radius 1 is 1.14 bits per heavy atom. The molecule has 150 valence electrons. The number of amides is 1. The molecular weight excluding hydrogens is 389 g/mol. The Bertz CT molecular complexity index is 889. The van der Waals surface area contributed by atoms with Gasteiger partial charge in [-0.25, -0.2) is 4.39 Å². The smallest absolute Gasteiger partial charge is 0.225 e. The van der Waals surface area contributed by atoms with Gasteiger partial charge in [0.1, 0.15) is 12.4 Å². The average molecular weight is 410 g/mol. The van der Waals surface area contributed by atoms with Gasteiger partial charge in [0.25, 0.3) is 0 Å². The molecule has 1 atom stereocenters. The molecule has 0 saturated heterocycles. The highest BCUT2D eigenvalue weighted by molar-refractivity contribution is 6.30. The van der Waals surface area contributed by atoms with Crippen molar-refractivity contribution in [2.75, 3.05) is 39.9 Å². The second-order valence-corrected chi connectivity index (χ2v) is 6.65. The first-order valence-electron chi connectivity index (χ1n) is 8.65. The maximum Gasteiger partial charge on any atom is 0.225 e. The van der Waals surface area contributed by atoms with Crippen molar-refractivity contribution in [3.63, 3.8) is 0 Å². The van der Waals surface area contributed by atoms with Gasteiger partial charge in [-0.05, 0) is 23.8 Å². The monoisotopic (exact) mass is 409 g/mol. The molecule has 2 aromatic rings. The molecule has 28 heavy (non-hydrogen) atoms. The van der Waals surface area contributed by atoms with Gasteiger partial charge in [0, 0.05) is 36.1 Å². The summed E-state index contributed by atoms with van der Waals surface area (Å²) in [6, 6.07) is 5.93. The Hall–Kier alpha value is -2.51. The van der Waals surface area contributed by atoms with Crippen molar-refractivity contribution in [3.05, 3.63) is 46.2 Å². The summed E-state index contributed by atoms with van der Waals surface area (Å²) in [5.41, 5.74) is 1.40. The highest BCUT2D eigenvalue weighted by Crippen LogP contribution is 2.51. The summed E-state index contributed by atoms with van der Waals surface area (Å²) < 4.78 is 36.5. The molecule has 1 amide bonds. The number of methoxy groups -OCH3 is 3. The van der Waals surface area contributed by atoms with Crippen molar-refractivity contribution in [2.45, 2.75) is 12.3 Å². The summed E-state index contributed by atoms with van der Waals surface area (Å²) in [5, 5.41) is 3.19. The standard InChI is InChI=1S/C20H21ClFNO5/c1-25-6-7-28-19-16(26-2)10-15-18(20(19)27-3)13(9-17(24)23-15)12-8-11(21)4-5-14(12)22/h4-5,8,10,13H,6-7,9H2,1-3H3,(H,23,24). The van der Waals surface area contributed by atoms with Gasteiger partial charge in [0.15, 0.2) is 11.5 Å². The molecule has 0 saturated carbocycles. The lowest BCUT2D eigenvalue weighted by Crippen LogP contribution is -2.25. The Balaban J connectivity index is 2.20. The molecule has 8 heteroatoms. The molecule has 1 heterocycles. The summed E-state index contributed by atoms with van der Waals surface area (Å²) in [4.78, 5) is 12.3. The van der Waals surface area contributed by atoms with Crippen LogP contribution in [-0.2, 0) is 9.53 Å². The van der Waals surface area contributed by atoms with Crippen LogP contribution >= 0.6 is 11.6 Å². The third-order valence-electron chi connectivity index (χ3n) is 4.54. The summed E-state index contributed by atoms with van der Waals surface area (Å²) in [5.74, 6) is -0.157. The van der Waals surface area contributed by atoms with Gasteiger partial charge in [-0.1, -0.05) is 11.6 Å². The topological polar surface area (TPSA) is 66.0 Å². The lowest BCUT2D eigenvalue weighted by molar-refractivity contribution is -0.116. The van der Waals surface area contributed by atoms with E-state index in [0.29, 0.717) is 45.7 Å². The van der Waals surface area contributed by atoms with Gasteiger partial charge in [0.2, 0.25) is 11.7 Å². The van der Waals surface area contributed by atoms with Gasteiger partial charge < -0.3 is 24.3 Å². The molecule has 0 aliphatic carbocycles. The fraction of sp³-hybridized carbons (Fsp3) is 0.350. The number of anilines is 1. The number of rotatable bonds is 7. The number of fused-ring (bicyclic) bond motifs is 1. The van der Waals surface area contributed by atoms with E-state index in [2.05, 4.69) is 5.32 Å². The third kappa shape index (κ3) is 3.86. The Kier molecular flexibility index (Phi) is 6.26. The van der Waals surface area contributed by atoms with E-state index in [1.807, 2.05) is 0 Å². The van der Waals surface area contributed by atoms with Gasteiger partial charge in [-0.3, -0.25) is 4.79 Å². The molecule has 3 rings (SSSR count). The fourth-order valence-corrected chi connectivity index (χ4v) is 3.51. The van der Waals surface area contributed by atoms with Crippen LogP contribution in [0.3, 0.4) is 0 Å². The van der Waals surface area contributed by atoms with E-state index < -0.39 is 11.7 Å². The van der Waals surface area contributed by atoms with Crippen LogP contribution < -0.4 is 19.5 Å². The van der Waals surface area contributed by atoms with Crippen molar-refractivity contribution in [3.8, 4) is 17.2 Å². The molecule has 1 aliphatic rings. The lowest BCUT2D eigenvalue weighted by Gasteiger charge is -2.30. The van der Waals surface area contributed by atoms with Crippen molar-refractivity contribution < 1.29 is 28.1 Å². The third-order valence-corrected chi connectivity index (χ3v) is 4.78. The minimum absolute atomic E-state index is 0.0461. The molecule has 0 radical (unpaired) electrons. The zero-order chi connectivity index (χ0) is 20.3. The largest absolute Gasteiger partial charge is 0.493 e. The highest BCUT2D eigenvalue weighted by atomic mass is 35.5. The average Bonchev–Trinajstić information content (AvgIpc) is 2.68. The Morgan fingerprint density at radius 3 is 2.61 bits per heavy atom. The van der Waals surface area contributed by atoms with Crippen LogP contribution in [0.2, 0.25) is 5.02 Å². The van der Waals surface area contributed by atoms with Crippen LogP contribution in [0.4, 0.5) is 10.1 Å². The molecule has 1 unspecified atom stereocenters. The van der Waals surface area contributed by atoms with Gasteiger partial charge in [-0.15, -0.1) is 0 Å². The second-order valence-electron chi connectivity index (χ2n) is 6.21. The van der Waals surface area contributed by atoms with Crippen molar-refractivity contribution in [1.29, 1.82) is 0 Å². The van der Waals surface area contributed by atoms with E-state index >= 15 is 0 Å². The molecule has 2 aromatic carbocycles. The molecule has 0 spiro atoms. The zero-order valence-electron chi connectivity index (χ0n) is 15.8. The zero-order valence-corrected chi connectivity index (χ0v) is 16.6. The van der Waals surface area contributed by atoms with E-state index in [-0.39, 0.29) is 18.9 Å². The number of benzene rings is 2. The van der Waals surface area contributed by atoms with Gasteiger partial charge in [0.05, 0.1) is 26.5 Å². The molecule has 0 aromatic heterocycles. The van der Waals surface area contributed by atoms with Crippen LogP contribution in [0, 0.1) is 5.82 Å². The Morgan fingerprint density at radius 2 is 1.93 bits per heavy atom. The van der Waals surface area contributed by atoms with Crippen LogP contribution in [0.15, 0.2) is 24.3 Å². The minimum atomic E-state index is -0.590. The van der Waals surface area contributed by atoms with E-state index in [0.717, 1.165) is 0 Å². The maximum atomic E-state index is 14.6. The first-order valence-corrected chi connectivity index (χ1v) is 9.03. The second kappa shape index (κ2) is 8.67. The first-order chi connectivity index (χ1) is 13.5. The number of carbonyl (C=O) groups excluding carboxylic acids is 1. The number of hydrogen-bond acceptors (Lipinski definition) is 5. The van der Waals surface area contributed by atoms with Crippen LogP contribution in [0.25, 0.3) is 0 Å². The quantitative estimate of drug-likeness (QED) is 0.700. The van der Waals surface area contributed by atoms with Crippen molar-refractivity contribution in [2.24, 2.45) is 0 Å². The summed E-state index contributed by atoms with van der Waals surface area (Å²) in [7, 11) is 4.54. The van der Waals surface area contributed by atoms with Gasteiger partial charge >= 0.3 is 0 Å². The molecule has 6 nitrogen and oxygen atoms in total. The van der Waals surface area contributed by atoms with Crippen molar-refractivity contribution >= 4 is 23.2 Å². The molecule has 1 aliphatic heterocycles. The number of carbonyl (C=O) groups is 1. The van der Waals surface area contributed by atoms with Crippen LogP contribution in [0.1, 0.15) is 23.5 Å². The van der Waals surface area contributed by atoms with Crippen LogP contribution in [0.5, 0.6) is 17.2 Å². The van der Waals surface area contributed by atoms with Gasteiger partial charge in [-0.2, -0.15) is 0 Å². The van der Waals surface area contributed by atoms with E-state index in [9.17, 15) is 9.18 Å². The predicted molar refractivity (Wildman–Crippen MR) is 103 cm³/mol. The molecule has 0 fully saturated rings. The lowest BCUT2D eigenvalue weighted by atomic mass is 9.83. The summed E-state index contributed by atoms with van der Waals surface area (Å²) in [6.45, 7) is 0.636. The van der Waals surface area contributed by atoms with E-state index in [1.165, 1.54) is 32.4 Å². The molecule has 0 bridgehead atoms. The summed E-state index contributed by atoms with van der Waals surface area (Å²) >= 11 is 6.08. The Labute approximate surface area is 167 Å². The maximum absolute atomic E-state index is 14.6. The predicted octanol–water partition coefficient (Wildman–Crippen LogP) is 4.00. The van der Waals surface area contributed by atoms with Crippen molar-refractivity contribution in [1.82, 2.24) is 0 Å². The highest BCUT2D eigenvalue weighted by Gasteiger charge is 2.35. The SMILES string of the molecule is COCCOc1c(OC)cc2c(c1OC)C(c1cc(Cl)ccc1F)CC(=O)N2. The van der Waals surface area contributed by atoms with E-state index in [1.54, 1.807) is 13.2 Å². The number of hydrogen-bond donors (Lipinski definition) is 1. The number of halogens is 2. The molecule has 1 N–H and O–H groups in total.